The molecule has 6 nitrogen and oxygen atoms in total. The molecule has 1 amide bonds. The number of hydrogen-bond acceptors (Lipinski definition) is 4. The van der Waals surface area contributed by atoms with Crippen LogP contribution in [0.3, 0.4) is 0 Å². The standard InChI is InChI=1S/C12H18N2O4S/c1-4-8(2)14-12(15)10-7-9(19(13,16)17)5-6-11(10)18-3/h5-8H,4H2,1-3H3,(H,14,15)(H2,13,16,17)/t8-/m0/s1. The first-order valence-electron chi connectivity index (χ1n) is 5.81. The van der Waals surface area contributed by atoms with Crippen LogP contribution in [0, 0.1) is 0 Å². The molecule has 0 radical (unpaired) electrons. The maximum atomic E-state index is 12.0. The summed E-state index contributed by atoms with van der Waals surface area (Å²) in [4.78, 5) is 11.9. The van der Waals surface area contributed by atoms with Crippen LogP contribution in [-0.4, -0.2) is 27.5 Å². The van der Waals surface area contributed by atoms with Crippen LogP contribution in [0.5, 0.6) is 5.75 Å². The van der Waals surface area contributed by atoms with Crippen molar-refractivity contribution < 1.29 is 17.9 Å². The molecule has 1 aromatic carbocycles. The van der Waals surface area contributed by atoms with E-state index in [2.05, 4.69) is 5.32 Å². The topological polar surface area (TPSA) is 98.5 Å². The van der Waals surface area contributed by atoms with Gasteiger partial charge in [0.15, 0.2) is 0 Å². The summed E-state index contributed by atoms with van der Waals surface area (Å²) < 4.78 is 27.6. The van der Waals surface area contributed by atoms with Crippen LogP contribution in [0.4, 0.5) is 0 Å². The average molecular weight is 286 g/mol. The number of benzene rings is 1. The van der Waals surface area contributed by atoms with Gasteiger partial charge in [-0.3, -0.25) is 4.79 Å². The van der Waals surface area contributed by atoms with Crippen LogP contribution in [0.2, 0.25) is 0 Å². The van der Waals surface area contributed by atoms with E-state index < -0.39 is 15.9 Å². The number of methoxy groups -OCH3 is 1. The number of nitrogens with two attached hydrogens (primary N) is 1. The number of primary sulfonamides is 1. The molecule has 0 aliphatic carbocycles. The van der Waals surface area contributed by atoms with Gasteiger partial charge in [0, 0.05) is 6.04 Å². The Balaban J connectivity index is 3.20. The minimum atomic E-state index is -3.85. The van der Waals surface area contributed by atoms with Crippen molar-refractivity contribution in [2.24, 2.45) is 5.14 Å². The van der Waals surface area contributed by atoms with Crippen molar-refractivity contribution in [2.45, 2.75) is 31.2 Å². The molecule has 0 fully saturated rings. The monoisotopic (exact) mass is 286 g/mol. The third kappa shape index (κ3) is 3.93. The Morgan fingerprint density at radius 3 is 2.58 bits per heavy atom. The normalized spacial score (nSPS) is 12.8. The Labute approximate surface area is 113 Å². The number of amides is 1. The molecule has 1 aromatic rings. The van der Waals surface area contributed by atoms with E-state index in [1.807, 2.05) is 13.8 Å². The summed E-state index contributed by atoms with van der Waals surface area (Å²) in [5.74, 6) is -0.0927. The smallest absolute Gasteiger partial charge is 0.255 e. The van der Waals surface area contributed by atoms with E-state index in [0.717, 1.165) is 6.42 Å². The summed E-state index contributed by atoms with van der Waals surface area (Å²) >= 11 is 0. The predicted molar refractivity (Wildman–Crippen MR) is 71.6 cm³/mol. The van der Waals surface area contributed by atoms with E-state index >= 15 is 0 Å². The fourth-order valence-electron chi connectivity index (χ4n) is 1.45. The van der Waals surface area contributed by atoms with Gasteiger partial charge in [-0.2, -0.15) is 0 Å². The van der Waals surface area contributed by atoms with Crippen molar-refractivity contribution in [3.63, 3.8) is 0 Å². The van der Waals surface area contributed by atoms with Crippen LogP contribution < -0.4 is 15.2 Å². The third-order valence-electron chi connectivity index (χ3n) is 2.73. The van der Waals surface area contributed by atoms with Crippen molar-refractivity contribution in [2.75, 3.05) is 7.11 Å². The van der Waals surface area contributed by atoms with Crippen molar-refractivity contribution in [3.8, 4) is 5.75 Å². The largest absolute Gasteiger partial charge is 0.496 e. The second-order valence-corrected chi connectivity index (χ2v) is 5.75. The van der Waals surface area contributed by atoms with Gasteiger partial charge in [-0.1, -0.05) is 6.92 Å². The lowest BCUT2D eigenvalue weighted by atomic mass is 10.1. The second kappa shape index (κ2) is 6.03. The number of carbonyl (C=O) groups excluding carboxylic acids is 1. The summed E-state index contributed by atoms with van der Waals surface area (Å²) in [5.41, 5.74) is 0.148. The molecule has 0 saturated heterocycles. The maximum absolute atomic E-state index is 12.0. The van der Waals surface area contributed by atoms with Crippen molar-refractivity contribution >= 4 is 15.9 Å². The van der Waals surface area contributed by atoms with Gasteiger partial charge < -0.3 is 10.1 Å². The highest BCUT2D eigenvalue weighted by molar-refractivity contribution is 7.89. The lowest BCUT2D eigenvalue weighted by Gasteiger charge is -2.14. The number of sulfonamides is 1. The molecule has 1 rings (SSSR count). The molecule has 106 valence electrons. The molecule has 0 aromatic heterocycles. The van der Waals surface area contributed by atoms with Crippen LogP contribution in [0.15, 0.2) is 23.1 Å². The average Bonchev–Trinajstić information content (AvgIpc) is 2.36. The SMILES string of the molecule is CC[C@H](C)NC(=O)c1cc(S(N)(=O)=O)ccc1OC. The van der Waals surface area contributed by atoms with Crippen molar-refractivity contribution in [1.29, 1.82) is 0 Å². The molecule has 3 N–H and O–H groups in total. The van der Waals surface area contributed by atoms with E-state index in [1.54, 1.807) is 0 Å². The first kappa shape index (κ1) is 15.5. The molecular formula is C12H18N2O4S. The van der Waals surface area contributed by atoms with Gasteiger partial charge >= 0.3 is 0 Å². The Morgan fingerprint density at radius 2 is 2.11 bits per heavy atom. The highest BCUT2D eigenvalue weighted by Gasteiger charge is 2.18. The fraction of sp³-hybridized carbons (Fsp3) is 0.417. The number of hydrogen-bond donors (Lipinski definition) is 2. The predicted octanol–water partition coefficient (Wildman–Crippen LogP) is 0.871. The number of carbonyl (C=O) groups is 1. The van der Waals surface area contributed by atoms with E-state index in [-0.39, 0.29) is 16.5 Å². The van der Waals surface area contributed by atoms with Crippen molar-refractivity contribution in [3.05, 3.63) is 23.8 Å². The zero-order valence-electron chi connectivity index (χ0n) is 11.1. The van der Waals surface area contributed by atoms with Gasteiger partial charge in [-0.05, 0) is 31.5 Å². The zero-order valence-corrected chi connectivity index (χ0v) is 12.0. The highest BCUT2D eigenvalue weighted by atomic mass is 32.2. The summed E-state index contributed by atoms with van der Waals surface area (Å²) in [6, 6.07) is 3.90. The van der Waals surface area contributed by atoms with E-state index in [1.165, 1.54) is 25.3 Å². The molecule has 0 aliphatic rings. The van der Waals surface area contributed by atoms with E-state index in [4.69, 9.17) is 9.88 Å². The van der Waals surface area contributed by atoms with E-state index in [9.17, 15) is 13.2 Å². The molecule has 0 bridgehead atoms. The summed E-state index contributed by atoms with van der Waals surface area (Å²) in [5, 5.41) is 7.79. The van der Waals surface area contributed by atoms with E-state index in [0.29, 0.717) is 5.75 Å². The van der Waals surface area contributed by atoms with Gasteiger partial charge in [0.25, 0.3) is 5.91 Å². The van der Waals surface area contributed by atoms with Gasteiger partial charge in [-0.25, -0.2) is 13.6 Å². The van der Waals surface area contributed by atoms with Gasteiger partial charge in [-0.15, -0.1) is 0 Å². The lowest BCUT2D eigenvalue weighted by Crippen LogP contribution is -2.32. The number of rotatable bonds is 5. The molecule has 0 heterocycles. The molecular weight excluding hydrogens is 268 g/mol. The molecule has 0 spiro atoms. The Kier molecular flexibility index (Phi) is 4.90. The molecule has 0 aliphatic heterocycles. The van der Waals surface area contributed by atoms with Crippen LogP contribution in [-0.2, 0) is 10.0 Å². The summed E-state index contributed by atoms with van der Waals surface area (Å²) in [6.45, 7) is 3.79. The third-order valence-corrected chi connectivity index (χ3v) is 3.64. The number of ether oxygens (including phenoxy) is 1. The molecule has 0 unspecified atom stereocenters. The highest BCUT2D eigenvalue weighted by Crippen LogP contribution is 2.22. The fourth-order valence-corrected chi connectivity index (χ4v) is 1.98. The molecule has 19 heavy (non-hydrogen) atoms. The molecule has 1 atom stereocenters. The first-order valence-corrected chi connectivity index (χ1v) is 7.36. The van der Waals surface area contributed by atoms with Gasteiger partial charge in [0.05, 0.1) is 17.6 Å². The van der Waals surface area contributed by atoms with Crippen LogP contribution >= 0.6 is 0 Å². The zero-order chi connectivity index (χ0) is 14.6. The lowest BCUT2D eigenvalue weighted by molar-refractivity contribution is 0.0936. The second-order valence-electron chi connectivity index (χ2n) is 4.19. The molecule has 7 heteroatoms. The number of nitrogens with one attached hydrogen (secondary N) is 1. The van der Waals surface area contributed by atoms with Crippen LogP contribution in [0.25, 0.3) is 0 Å². The van der Waals surface area contributed by atoms with Crippen molar-refractivity contribution in [1.82, 2.24) is 5.32 Å². The first-order chi connectivity index (χ1) is 8.79. The minimum Gasteiger partial charge on any atom is -0.496 e. The van der Waals surface area contributed by atoms with Crippen LogP contribution in [0.1, 0.15) is 30.6 Å². The van der Waals surface area contributed by atoms with Gasteiger partial charge in [0.2, 0.25) is 10.0 Å². The Bertz CT molecular complexity index is 569. The Morgan fingerprint density at radius 1 is 1.47 bits per heavy atom. The minimum absolute atomic E-state index is 0.0182. The molecule has 0 saturated carbocycles. The quantitative estimate of drug-likeness (QED) is 0.839. The van der Waals surface area contributed by atoms with Gasteiger partial charge in [0.1, 0.15) is 5.75 Å². The summed E-state index contributed by atoms with van der Waals surface area (Å²) in [6.07, 6.45) is 0.767. The maximum Gasteiger partial charge on any atom is 0.255 e. The summed E-state index contributed by atoms with van der Waals surface area (Å²) in [7, 11) is -2.44. The Hall–Kier alpha value is -1.60.